The minimum atomic E-state index is -0.698. The summed E-state index contributed by atoms with van der Waals surface area (Å²) in [5.41, 5.74) is -0.0819. The molecule has 0 spiro atoms. The van der Waals surface area contributed by atoms with E-state index in [1.165, 1.54) is 0 Å². The van der Waals surface area contributed by atoms with Gasteiger partial charge in [-0.05, 0) is 37.1 Å². The van der Waals surface area contributed by atoms with E-state index in [1.807, 2.05) is 0 Å². The van der Waals surface area contributed by atoms with Crippen LogP contribution in [0, 0.1) is 0 Å². The van der Waals surface area contributed by atoms with E-state index < -0.39 is 5.60 Å². The number of aliphatic hydroxyl groups is 1. The highest BCUT2D eigenvalue weighted by Gasteiger charge is 2.33. The number of ether oxygens (including phenoxy) is 1. The molecule has 1 aliphatic carbocycles. The maximum atomic E-state index is 12.2. The van der Waals surface area contributed by atoms with E-state index in [0.29, 0.717) is 12.1 Å². The van der Waals surface area contributed by atoms with Crippen LogP contribution in [0.3, 0.4) is 0 Å². The number of nitrogens with zero attached hydrogens (tertiary/aromatic N) is 1. The van der Waals surface area contributed by atoms with Crippen molar-refractivity contribution < 1.29 is 14.6 Å². The van der Waals surface area contributed by atoms with E-state index in [1.54, 1.807) is 43.3 Å². The number of hydrogen-bond donors (Lipinski definition) is 1. The summed E-state index contributed by atoms with van der Waals surface area (Å²) in [7, 11) is 3.33. The molecule has 1 N–H and O–H groups in total. The molecule has 1 aromatic rings. The molecule has 104 valence electrons. The topological polar surface area (TPSA) is 49.8 Å². The van der Waals surface area contributed by atoms with Crippen molar-refractivity contribution in [1.29, 1.82) is 0 Å². The molecule has 0 unspecified atom stereocenters. The third kappa shape index (κ3) is 3.26. The summed E-state index contributed by atoms with van der Waals surface area (Å²) in [4.78, 5) is 13.9. The van der Waals surface area contributed by atoms with Gasteiger partial charge in [0.2, 0.25) is 0 Å². The molecule has 1 saturated carbocycles. The molecular weight excluding hydrogens is 242 g/mol. The van der Waals surface area contributed by atoms with E-state index in [-0.39, 0.29) is 5.91 Å². The Kier molecular flexibility index (Phi) is 4.10. The van der Waals surface area contributed by atoms with Crippen LogP contribution < -0.4 is 4.74 Å². The van der Waals surface area contributed by atoms with Crippen molar-refractivity contribution >= 4 is 5.91 Å². The zero-order valence-electron chi connectivity index (χ0n) is 11.6. The van der Waals surface area contributed by atoms with Gasteiger partial charge in [0.15, 0.2) is 0 Å². The standard InChI is InChI=1S/C15H21NO3/c1-16(11-15(18)9-3-4-10-15)14(17)12-5-7-13(19-2)8-6-12/h5-8,18H,3-4,9-11H2,1-2H3. The van der Waals surface area contributed by atoms with Gasteiger partial charge in [0.25, 0.3) is 5.91 Å². The second kappa shape index (κ2) is 5.61. The Hall–Kier alpha value is -1.55. The quantitative estimate of drug-likeness (QED) is 0.904. The maximum Gasteiger partial charge on any atom is 0.253 e. The van der Waals surface area contributed by atoms with Gasteiger partial charge in [0, 0.05) is 19.2 Å². The first kappa shape index (κ1) is 13.9. The van der Waals surface area contributed by atoms with Crippen LogP contribution in [-0.2, 0) is 0 Å². The second-order valence-electron chi connectivity index (χ2n) is 5.32. The number of rotatable bonds is 4. The molecule has 1 fully saturated rings. The van der Waals surface area contributed by atoms with E-state index >= 15 is 0 Å². The van der Waals surface area contributed by atoms with Crippen molar-refractivity contribution in [3.63, 3.8) is 0 Å². The minimum absolute atomic E-state index is 0.0667. The molecule has 19 heavy (non-hydrogen) atoms. The van der Waals surface area contributed by atoms with Gasteiger partial charge in [-0.25, -0.2) is 0 Å². The molecule has 2 rings (SSSR count). The minimum Gasteiger partial charge on any atom is -0.497 e. The van der Waals surface area contributed by atoms with Crippen molar-refractivity contribution in [2.24, 2.45) is 0 Å². The lowest BCUT2D eigenvalue weighted by Crippen LogP contribution is -2.42. The maximum absolute atomic E-state index is 12.2. The summed E-state index contributed by atoms with van der Waals surface area (Å²) >= 11 is 0. The number of carbonyl (C=O) groups excluding carboxylic acids is 1. The Balaban J connectivity index is 2.01. The predicted octanol–water partition coefficient (Wildman–Crippen LogP) is 2.07. The van der Waals surface area contributed by atoms with Crippen molar-refractivity contribution in [3.05, 3.63) is 29.8 Å². The number of hydrogen-bond acceptors (Lipinski definition) is 3. The van der Waals surface area contributed by atoms with Crippen LogP contribution >= 0.6 is 0 Å². The molecule has 0 heterocycles. The lowest BCUT2D eigenvalue weighted by Gasteiger charge is -2.28. The Morgan fingerprint density at radius 2 is 1.89 bits per heavy atom. The average Bonchev–Trinajstić information content (AvgIpc) is 2.84. The number of methoxy groups -OCH3 is 1. The fraction of sp³-hybridized carbons (Fsp3) is 0.533. The van der Waals surface area contributed by atoms with Gasteiger partial charge in [0.1, 0.15) is 5.75 Å². The third-order valence-electron chi connectivity index (χ3n) is 3.75. The van der Waals surface area contributed by atoms with Crippen molar-refractivity contribution in [2.75, 3.05) is 20.7 Å². The summed E-state index contributed by atoms with van der Waals surface area (Å²) < 4.78 is 5.07. The van der Waals surface area contributed by atoms with Gasteiger partial charge in [-0.2, -0.15) is 0 Å². The third-order valence-corrected chi connectivity index (χ3v) is 3.75. The molecule has 4 nitrogen and oxygen atoms in total. The SMILES string of the molecule is COc1ccc(C(=O)N(C)CC2(O)CCCC2)cc1. The zero-order valence-corrected chi connectivity index (χ0v) is 11.6. The van der Waals surface area contributed by atoms with Crippen LogP contribution in [0.4, 0.5) is 0 Å². The van der Waals surface area contributed by atoms with Gasteiger partial charge >= 0.3 is 0 Å². The van der Waals surface area contributed by atoms with Gasteiger partial charge in [-0.15, -0.1) is 0 Å². The van der Waals surface area contributed by atoms with Crippen LogP contribution in [-0.4, -0.2) is 42.2 Å². The highest BCUT2D eigenvalue weighted by atomic mass is 16.5. The van der Waals surface area contributed by atoms with Crippen LogP contribution in [0.2, 0.25) is 0 Å². The molecule has 0 bridgehead atoms. The first-order valence-electron chi connectivity index (χ1n) is 6.66. The Bertz CT molecular complexity index is 435. The normalized spacial score (nSPS) is 17.2. The van der Waals surface area contributed by atoms with Crippen molar-refractivity contribution in [1.82, 2.24) is 4.90 Å². The van der Waals surface area contributed by atoms with E-state index in [2.05, 4.69) is 0 Å². The fourth-order valence-electron chi connectivity index (χ4n) is 2.66. The molecule has 4 heteroatoms. The number of likely N-dealkylation sites (N-methyl/N-ethyl adjacent to an activating group) is 1. The van der Waals surface area contributed by atoms with Crippen molar-refractivity contribution in [2.45, 2.75) is 31.3 Å². The van der Waals surface area contributed by atoms with Gasteiger partial charge < -0.3 is 14.7 Å². The predicted molar refractivity (Wildman–Crippen MR) is 73.4 cm³/mol. The van der Waals surface area contributed by atoms with Crippen LogP contribution in [0.15, 0.2) is 24.3 Å². The van der Waals surface area contributed by atoms with Crippen LogP contribution in [0.25, 0.3) is 0 Å². The molecule has 1 amide bonds. The highest BCUT2D eigenvalue weighted by Crippen LogP contribution is 2.30. The molecule has 0 saturated heterocycles. The van der Waals surface area contributed by atoms with Gasteiger partial charge in [-0.1, -0.05) is 12.8 Å². The summed E-state index contributed by atoms with van der Waals surface area (Å²) in [6.45, 7) is 0.401. The van der Waals surface area contributed by atoms with Gasteiger partial charge in [-0.3, -0.25) is 4.79 Å². The number of amides is 1. The molecule has 0 aliphatic heterocycles. The fourth-order valence-corrected chi connectivity index (χ4v) is 2.66. The largest absolute Gasteiger partial charge is 0.497 e. The van der Waals surface area contributed by atoms with Crippen LogP contribution in [0.1, 0.15) is 36.0 Å². The Labute approximate surface area is 114 Å². The molecule has 0 aromatic heterocycles. The number of benzene rings is 1. The molecule has 0 atom stereocenters. The zero-order chi connectivity index (χ0) is 13.9. The first-order chi connectivity index (χ1) is 9.04. The molecule has 0 radical (unpaired) electrons. The lowest BCUT2D eigenvalue weighted by atomic mass is 10.0. The number of carbonyl (C=O) groups is 1. The van der Waals surface area contributed by atoms with E-state index in [4.69, 9.17) is 4.74 Å². The molecule has 1 aliphatic rings. The highest BCUT2D eigenvalue weighted by molar-refractivity contribution is 5.94. The Morgan fingerprint density at radius 3 is 2.42 bits per heavy atom. The molecule has 1 aromatic carbocycles. The van der Waals surface area contributed by atoms with E-state index in [0.717, 1.165) is 31.4 Å². The smallest absolute Gasteiger partial charge is 0.253 e. The average molecular weight is 263 g/mol. The molecular formula is C15H21NO3. The van der Waals surface area contributed by atoms with E-state index in [9.17, 15) is 9.90 Å². The lowest BCUT2D eigenvalue weighted by molar-refractivity contribution is 0.0157. The summed E-state index contributed by atoms with van der Waals surface area (Å²) in [6.07, 6.45) is 3.66. The van der Waals surface area contributed by atoms with Crippen LogP contribution in [0.5, 0.6) is 5.75 Å². The summed E-state index contributed by atoms with van der Waals surface area (Å²) in [6, 6.07) is 7.03. The Morgan fingerprint density at radius 1 is 1.32 bits per heavy atom. The summed E-state index contributed by atoms with van der Waals surface area (Å²) in [5.74, 6) is 0.664. The van der Waals surface area contributed by atoms with Crippen molar-refractivity contribution in [3.8, 4) is 5.75 Å². The monoisotopic (exact) mass is 263 g/mol. The first-order valence-corrected chi connectivity index (χ1v) is 6.66. The second-order valence-corrected chi connectivity index (χ2v) is 5.32. The summed E-state index contributed by atoms with van der Waals surface area (Å²) in [5, 5.41) is 10.3. The van der Waals surface area contributed by atoms with Gasteiger partial charge in [0.05, 0.1) is 12.7 Å².